The fraction of sp³-hybridized carbons (Fsp3) is 0.474. The van der Waals surface area contributed by atoms with Crippen molar-refractivity contribution in [2.45, 2.75) is 19.4 Å². The van der Waals surface area contributed by atoms with Crippen LogP contribution in [0.4, 0.5) is 0 Å². The van der Waals surface area contributed by atoms with E-state index in [1.807, 2.05) is 42.2 Å². The minimum absolute atomic E-state index is 0. The van der Waals surface area contributed by atoms with Crippen molar-refractivity contribution in [3.8, 4) is 0 Å². The van der Waals surface area contributed by atoms with Crippen LogP contribution in [0.2, 0.25) is 0 Å². The first-order valence-corrected chi connectivity index (χ1v) is 8.82. The van der Waals surface area contributed by atoms with Gasteiger partial charge in [-0.2, -0.15) is 0 Å². The first kappa shape index (κ1) is 18.1. The summed E-state index contributed by atoms with van der Waals surface area (Å²) in [5, 5.41) is 4.42. The van der Waals surface area contributed by atoms with Gasteiger partial charge in [-0.1, -0.05) is 6.07 Å². The largest absolute Gasteiger partial charge is 0.337 e. The number of pyridine rings is 1. The average Bonchev–Trinajstić information content (AvgIpc) is 3.11. The number of rotatable bonds is 2. The van der Waals surface area contributed by atoms with Gasteiger partial charge in [0.1, 0.15) is 0 Å². The number of piperazine rings is 1. The molecule has 1 N–H and O–H groups in total. The molecule has 2 aliphatic heterocycles. The summed E-state index contributed by atoms with van der Waals surface area (Å²) in [6.07, 6.45) is 1.08. The summed E-state index contributed by atoms with van der Waals surface area (Å²) in [4.78, 5) is 21.9. The quantitative estimate of drug-likeness (QED) is 0.890. The van der Waals surface area contributed by atoms with Gasteiger partial charge in [0.2, 0.25) is 0 Å². The molecule has 2 aromatic rings. The van der Waals surface area contributed by atoms with Gasteiger partial charge in [0, 0.05) is 62.0 Å². The molecule has 3 heterocycles. The average molecular weight is 361 g/mol. The van der Waals surface area contributed by atoms with E-state index in [0.29, 0.717) is 6.04 Å². The zero-order valence-corrected chi connectivity index (χ0v) is 15.4. The zero-order chi connectivity index (χ0) is 16.5. The second-order valence-corrected chi connectivity index (χ2v) is 6.84. The van der Waals surface area contributed by atoms with Crippen LogP contribution in [0.15, 0.2) is 30.3 Å². The SMILES string of the molecule is Cc1ccc2cc(C(=O)N3CCC(N4CCNCC4)C3)ccc2n1.Cl. The van der Waals surface area contributed by atoms with Crippen molar-refractivity contribution in [3.63, 3.8) is 0 Å². The Hall–Kier alpha value is -1.69. The molecule has 134 valence electrons. The summed E-state index contributed by atoms with van der Waals surface area (Å²) in [6, 6.07) is 10.4. The first-order chi connectivity index (χ1) is 11.7. The Morgan fingerprint density at radius 3 is 2.76 bits per heavy atom. The molecule has 0 saturated carbocycles. The van der Waals surface area contributed by atoms with Gasteiger partial charge < -0.3 is 10.2 Å². The molecule has 1 aromatic heterocycles. The van der Waals surface area contributed by atoms with Crippen LogP contribution in [-0.4, -0.2) is 66.0 Å². The summed E-state index contributed by atoms with van der Waals surface area (Å²) >= 11 is 0. The van der Waals surface area contributed by atoms with Gasteiger partial charge in [-0.05, 0) is 37.6 Å². The third-order valence-corrected chi connectivity index (χ3v) is 5.19. The van der Waals surface area contributed by atoms with E-state index in [9.17, 15) is 4.79 Å². The number of carbonyl (C=O) groups excluding carboxylic acids is 1. The molecule has 1 unspecified atom stereocenters. The number of hydrogen-bond donors (Lipinski definition) is 1. The van der Waals surface area contributed by atoms with Crippen molar-refractivity contribution >= 4 is 29.2 Å². The molecule has 0 aliphatic carbocycles. The highest BCUT2D eigenvalue weighted by molar-refractivity contribution is 5.98. The lowest BCUT2D eigenvalue weighted by atomic mass is 10.1. The molecule has 25 heavy (non-hydrogen) atoms. The van der Waals surface area contributed by atoms with Crippen molar-refractivity contribution in [2.75, 3.05) is 39.3 Å². The molecule has 2 fully saturated rings. The molecule has 1 atom stereocenters. The number of hydrogen-bond acceptors (Lipinski definition) is 4. The highest BCUT2D eigenvalue weighted by atomic mass is 35.5. The van der Waals surface area contributed by atoms with E-state index in [2.05, 4.69) is 15.2 Å². The van der Waals surface area contributed by atoms with Gasteiger partial charge in [-0.25, -0.2) is 0 Å². The normalized spacial score (nSPS) is 21.3. The van der Waals surface area contributed by atoms with Crippen molar-refractivity contribution in [1.82, 2.24) is 20.1 Å². The first-order valence-electron chi connectivity index (χ1n) is 8.82. The molecule has 1 aromatic carbocycles. The smallest absolute Gasteiger partial charge is 0.253 e. The predicted octanol–water partition coefficient (Wildman–Crippen LogP) is 2.08. The lowest BCUT2D eigenvalue weighted by Crippen LogP contribution is -2.49. The summed E-state index contributed by atoms with van der Waals surface area (Å²) in [5.41, 5.74) is 2.72. The summed E-state index contributed by atoms with van der Waals surface area (Å²) in [5.74, 6) is 0.148. The number of halogens is 1. The Morgan fingerprint density at radius 2 is 1.96 bits per heavy atom. The number of nitrogens with one attached hydrogen (secondary N) is 1. The molecule has 5 nitrogen and oxygen atoms in total. The van der Waals surface area contributed by atoms with E-state index in [0.717, 1.165) is 67.8 Å². The fourth-order valence-electron chi connectivity index (χ4n) is 3.81. The Bertz CT molecular complexity index is 760. The number of carbonyl (C=O) groups is 1. The maximum atomic E-state index is 12.9. The molecule has 4 rings (SSSR count). The van der Waals surface area contributed by atoms with Crippen LogP contribution in [0, 0.1) is 6.92 Å². The number of benzene rings is 1. The molecule has 0 spiro atoms. The number of aromatic nitrogens is 1. The maximum absolute atomic E-state index is 12.9. The van der Waals surface area contributed by atoms with Gasteiger partial charge >= 0.3 is 0 Å². The van der Waals surface area contributed by atoms with Crippen molar-refractivity contribution in [2.24, 2.45) is 0 Å². The molecule has 6 heteroatoms. The van der Waals surface area contributed by atoms with Gasteiger partial charge in [0.25, 0.3) is 5.91 Å². The Morgan fingerprint density at radius 1 is 1.16 bits per heavy atom. The van der Waals surface area contributed by atoms with Crippen LogP contribution < -0.4 is 5.32 Å². The predicted molar refractivity (Wildman–Crippen MR) is 102 cm³/mol. The van der Waals surface area contributed by atoms with Crippen molar-refractivity contribution < 1.29 is 4.79 Å². The number of aryl methyl sites for hydroxylation is 1. The van der Waals surface area contributed by atoms with Crippen LogP contribution in [0.1, 0.15) is 22.5 Å². The van der Waals surface area contributed by atoms with Crippen molar-refractivity contribution in [1.29, 1.82) is 0 Å². The lowest BCUT2D eigenvalue weighted by molar-refractivity contribution is 0.0773. The van der Waals surface area contributed by atoms with E-state index in [1.165, 1.54) is 0 Å². The van der Waals surface area contributed by atoms with Crippen LogP contribution in [-0.2, 0) is 0 Å². The second kappa shape index (κ2) is 7.68. The van der Waals surface area contributed by atoms with Crippen molar-refractivity contribution in [3.05, 3.63) is 41.6 Å². The Balaban J connectivity index is 0.00000182. The highest BCUT2D eigenvalue weighted by Gasteiger charge is 2.31. The second-order valence-electron chi connectivity index (χ2n) is 6.84. The molecular formula is C19H25ClN4O. The topological polar surface area (TPSA) is 48.5 Å². The highest BCUT2D eigenvalue weighted by Crippen LogP contribution is 2.21. The number of fused-ring (bicyclic) bond motifs is 1. The summed E-state index contributed by atoms with van der Waals surface area (Å²) < 4.78 is 0. The Labute approximate surface area is 154 Å². The van der Waals surface area contributed by atoms with Crippen LogP contribution in [0.25, 0.3) is 10.9 Å². The van der Waals surface area contributed by atoms with Crippen LogP contribution >= 0.6 is 12.4 Å². The van der Waals surface area contributed by atoms with E-state index in [-0.39, 0.29) is 18.3 Å². The monoisotopic (exact) mass is 360 g/mol. The van der Waals surface area contributed by atoms with Crippen LogP contribution in [0.3, 0.4) is 0 Å². The number of amides is 1. The number of nitrogens with zero attached hydrogens (tertiary/aromatic N) is 3. The Kier molecular flexibility index (Phi) is 5.57. The standard InChI is InChI=1S/C19H24N4O.ClH/c1-14-2-3-15-12-16(4-5-18(15)21-14)19(24)23-9-6-17(13-23)22-10-7-20-8-11-22;/h2-5,12,17,20H,6-11,13H2,1H3;1H. The minimum atomic E-state index is 0. The third kappa shape index (κ3) is 3.78. The summed E-state index contributed by atoms with van der Waals surface area (Å²) in [6.45, 7) is 7.99. The molecular weight excluding hydrogens is 336 g/mol. The van der Waals surface area contributed by atoms with Gasteiger partial charge in [-0.3, -0.25) is 14.7 Å². The van der Waals surface area contributed by atoms with E-state index >= 15 is 0 Å². The van der Waals surface area contributed by atoms with Crippen LogP contribution in [0.5, 0.6) is 0 Å². The van der Waals surface area contributed by atoms with Gasteiger partial charge in [0.05, 0.1) is 5.52 Å². The fourth-order valence-corrected chi connectivity index (χ4v) is 3.81. The molecule has 0 bridgehead atoms. The van der Waals surface area contributed by atoms with E-state index < -0.39 is 0 Å². The summed E-state index contributed by atoms with van der Waals surface area (Å²) in [7, 11) is 0. The third-order valence-electron chi connectivity index (χ3n) is 5.19. The van der Waals surface area contributed by atoms with Gasteiger partial charge in [0.15, 0.2) is 0 Å². The van der Waals surface area contributed by atoms with E-state index in [4.69, 9.17) is 0 Å². The minimum Gasteiger partial charge on any atom is -0.337 e. The molecule has 0 radical (unpaired) electrons. The number of likely N-dealkylation sites (tertiary alicyclic amines) is 1. The maximum Gasteiger partial charge on any atom is 0.253 e. The zero-order valence-electron chi connectivity index (χ0n) is 14.6. The van der Waals surface area contributed by atoms with E-state index in [1.54, 1.807) is 0 Å². The van der Waals surface area contributed by atoms with Gasteiger partial charge in [-0.15, -0.1) is 12.4 Å². The molecule has 2 aliphatic rings. The lowest BCUT2D eigenvalue weighted by Gasteiger charge is -2.32. The molecule has 2 saturated heterocycles. The molecule has 1 amide bonds.